The van der Waals surface area contributed by atoms with Gasteiger partial charge in [0.2, 0.25) is 0 Å². The van der Waals surface area contributed by atoms with E-state index in [0.29, 0.717) is 5.92 Å². The van der Waals surface area contributed by atoms with Gasteiger partial charge in [-0.15, -0.1) is 0 Å². The maximum atomic E-state index is 12.6. The van der Waals surface area contributed by atoms with Crippen molar-refractivity contribution in [3.05, 3.63) is 29.8 Å². The Morgan fingerprint density at radius 1 is 1.12 bits per heavy atom. The van der Waals surface area contributed by atoms with Gasteiger partial charge in [-0.25, -0.2) is 0 Å². The van der Waals surface area contributed by atoms with Crippen molar-refractivity contribution in [2.45, 2.75) is 59.0 Å². The lowest BCUT2D eigenvalue weighted by Crippen LogP contribution is -3.15. The number of hydrogen-bond acceptors (Lipinski definition) is 2. The van der Waals surface area contributed by atoms with Crippen LogP contribution in [0, 0.1) is 0 Å². The summed E-state index contributed by atoms with van der Waals surface area (Å²) in [6.07, 6.45) is 1.02. The molecule has 0 saturated heterocycles. The third-order valence-electron chi connectivity index (χ3n) is 4.38. The fourth-order valence-corrected chi connectivity index (χ4v) is 2.50. The Morgan fingerprint density at radius 3 is 2.33 bits per heavy atom. The average Bonchev–Trinajstić information content (AvgIpc) is 2.52. The number of carbonyl (C=O) groups excluding carboxylic acids is 2. The minimum Gasteiger partial charge on any atom is -0.349 e. The number of quaternary nitrogens is 1. The predicted molar refractivity (Wildman–Crippen MR) is 98.3 cm³/mol. The summed E-state index contributed by atoms with van der Waals surface area (Å²) in [5.74, 6) is 0.279. The molecule has 0 fully saturated rings. The third-order valence-corrected chi connectivity index (χ3v) is 4.38. The minimum atomic E-state index is -0.312. The first-order valence-electron chi connectivity index (χ1n) is 8.77. The summed E-state index contributed by atoms with van der Waals surface area (Å²) in [7, 11) is 1.87. The van der Waals surface area contributed by atoms with Gasteiger partial charge in [0.25, 0.3) is 11.8 Å². The van der Waals surface area contributed by atoms with Crippen molar-refractivity contribution in [1.29, 1.82) is 0 Å². The van der Waals surface area contributed by atoms with Gasteiger partial charge in [-0.1, -0.05) is 32.0 Å². The molecule has 0 aliphatic heterocycles. The quantitative estimate of drug-likeness (QED) is 0.676. The highest BCUT2D eigenvalue weighted by molar-refractivity contribution is 5.94. The van der Waals surface area contributed by atoms with Gasteiger partial charge < -0.3 is 15.5 Å². The summed E-state index contributed by atoms with van der Waals surface area (Å²) < 4.78 is 0. The molecule has 1 aromatic carbocycles. The molecule has 5 nitrogen and oxygen atoms in total. The second-order valence-corrected chi connectivity index (χ2v) is 6.85. The minimum absolute atomic E-state index is 0.0397. The molecule has 0 radical (unpaired) electrons. The molecule has 3 N–H and O–H groups in total. The molecule has 0 aliphatic carbocycles. The number of amides is 2. The highest BCUT2D eigenvalue weighted by atomic mass is 16.2. The molecular weight excluding hydrogens is 302 g/mol. The molecule has 0 spiro atoms. The Balaban J connectivity index is 2.72. The Hall–Kier alpha value is -1.88. The van der Waals surface area contributed by atoms with Crippen molar-refractivity contribution in [1.82, 2.24) is 5.32 Å². The Labute approximate surface area is 145 Å². The van der Waals surface area contributed by atoms with Crippen LogP contribution < -0.4 is 15.5 Å². The second kappa shape index (κ2) is 9.42. The molecule has 0 heterocycles. The van der Waals surface area contributed by atoms with Gasteiger partial charge in [-0.2, -0.15) is 0 Å². The highest BCUT2D eigenvalue weighted by Gasteiger charge is 2.25. The zero-order valence-electron chi connectivity index (χ0n) is 15.8. The normalized spacial score (nSPS) is 14.8. The van der Waals surface area contributed by atoms with Crippen LogP contribution in [0.5, 0.6) is 0 Å². The van der Waals surface area contributed by atoms with E-state index in [0.717, 1.165) is 22.6 Å². The van der Waals surface area contributed by atoms with Crippen LogP contribution in [0.1, 0.15) is 52.5 Å². The van der Waals surface area contributed by atoms with E-state index in [-0.39, 0.29) is 30.4 Å². The van der Waals surface area contributed by atoms with Crippen LogP contribution in [0.15, 0.2) is 24.3 Å². The van der Waals surface area contributed by atoms with E-state index < -0.39 is 0 Å². The van der Waals surface area contributed by atoms with E-state index in [1.54, 1.807) is 0 Å². The second-order valence-electron chi connectivity index (χ2n) is 6.85. The summed E-state index contributed by atoms with van der Waals surface area (Å²) in [6, 6.07) is 7.71. The number of para-hydroxylation sites is 1. The van der Waals surface area contributed by atoms with Crippen molar-refractivity contribution in [3.63, 3.8) is 0 Å². The summed E-state index contributed by atoms with van der Waals surface area (Å²) in [5, 5.41) is 5.89. The molecule has 134 valence electrons. The van der Waals surface area contributed by atoms with Crippen LogP contribution in [0.2, 0.25) is 0 Å². The summed E-state index contributed by atoms with van der Waals surface area (Å²) >= 11 is 0. The van der Waals surface area contributed by atoms with Gasteiger partial charge in [-0.05, 0) is 44.7 Å². The zero-order valence-corrected chi connectivity index (χ0v) is 15.8. The maximum absolute atomic E-state index is 12.6. The van der Waals surface area contributed by atoms with E-state index in [4.69, 9.17) is 0 Å². The molecule has 2 amide bonds. The number of benzene rings is 1. The first-order chi connectivity index (χ1) is 11.3. The van der Waals surface area contributed by atoms with Crippen LogP contribution in [0.3, 0.4) is 0 Å². The Kier molecular flexibility index (Phi) is 7.92. The average molecular weight is 334 g/mol. The molecule has 0 aromatic heterocycles. The van der Waals surface area contributed by atoms with E-state index >= 15 is 0 Å². The van der Waals surface area contributed by atoms with Gasteiger partial charge in [0, 0.05) is 11.7 Å². The highest BCUT2D eigenvalue weighted by Crippen LogP contribution is 2.26. The van der Waals surface area contributed by atoms with Gasteiger partial charge in [-0.3, -0.25) is 9.59 Å². The zero-order chi connectivity index (χ0) is 18.3. The van der Waals surface area contributed by atoms with Crippen LogP contribution >= 0.6 is 0 Å². The molecule has 5 heteroatoms. The molecule has 3 atom stereocenters. The summed E-state index contributed by atoms with van der Waals surface area (Å²) in [6.45, 7) is 10.3. The predicted octanol–water partition coefficient (Wildman–Crippen LogP) is 1.57. The monoisotopic (exact) mass is 334 g/mol. The molecule has 1 aromatic rings. The van der Waals surface area contributed by atoms with Crippen molar-refractivity contribution in [2.24, 2.45) is 0 Å². The maximum Gasteiger partial charge on any atom is 0.282 e. The van der Waals surface area contributed by atoms with Gasteiger partial charge >= 0.3 is 0 Å². The van der Waals surface area contributed by atoms with Gasteiger partial charge in [0.05, 0.1) is 7.05 Å². The molecule has 0 aliphatic rings. The molecule has 0 saturated carbocycles. The van der Waals surface area contributed by atoms with Gasteiger partial charge in [0.15, 0.2) is 12.6 Å². The van der Waals surface area contributed by atoms with Crippen molar-refractivity contribution < 1.29 is 14.5 Å². The van der Waals surface area contributed by atoms with E-state index in [1.807, 2.05) is 46.0 Å². The van der Waals surface area contributed by atoms with Crippen molar-refractivity contribution in [3.8, 4) is 0 Å². The molecule has 1 unspecified atom stereocenters. The van der Waals surface area contributed by atoms with E-state index in [2.05, 4.69) is 30.5 Å². The molecule has 1 rings (SSSR count). The summed E-state index contributed by atoms with van der Waals surface area (Å²) in [4.78, 5) is 25.3. The Bertz CT molecular complexity index is 557. The fraction of sp³-hybridized carbons (Fsp3) is 0.579. The Morgan fingerprint density at radius 2 is 1.75 bits per heavy atom. The van der Waals surface area contributed by atoms with E-state index in [1.165, 1.54) is 0 Å². The molecule has 0 bridgehead atoms. The standard InChI is InChI=1S/C19H31N3O2/c1-7-14(4)16-10-8-9-11-17(16)21-19(24)15(5)22(6)12-18(23)20-13(2)3/h8-11,13-15H,7,12H2,1-6H3,(H,20,23)(H,21,24)/p+1/t14-,15-/m0/s1. The molecular formula is C19H32N3O2+. The topological polar surface area (TPSA) is 62.6 Å². The first kappa shape index (κ1) is 20.2. The van der Waals surface area contributed by atoms with Crippen molar-refractivity contribution >= 4 is 17.5 Å². The lowest BCUT2D eigenvalue weighted by Gasteiger charge is -2.22. The lowest BCUT2D eigenvalue weighted by molar-refractivity contribution is -0.885. The number of hydrogen-bond donors (Lipinski definition) is 3. The number of nitrogens with one attached hydrogen (secondary N) is 3. The molecule has 24 heavy (non-hydrogen) atoms. The van der Waals surface area contributed by atoms with Crippen LogP contribution in [0.4, 0.5) is 5.69 Å². The number of rotatable bonds is 8. The van der Waals surface area contributed by atoms with E-state index in [9.17, 15) is 9.59 Å². The number of anilines is 1. The number of likely N-dealkylation sites (N-methyl/N-ethyl adjacent to an activating group) is 1. The summed E-state index contributed by atoms with van der Waals surface area (Å²) in [5.41, 5.74) is 2.01. The van der Waals surface area contributed by atoms with Crippen LogP contribution in [-0.4, -0.2) is 37.5 Å². The number of carbonyl (C=O) groups is 2. The van der Waals surface area contributed by atoms with Gasteiger partial charge in [0.1, 0.15) is 0 Å². The van der Waals surface area contributed by atoms with Crippen LogP contribution in [-0.2, 0) is 9.59 Å². The lowest BCUT2D eigenvalue weighted by atomic mass is 9.97. The SMILES string of the molecule is CC[C@H](C)c1ccccc1NC(=O)[C@H](C)[NH+](C)CC(=O)NC(C)C. The smallest absolute Gasteiger partial charge is 0.282 e. The third kappa shape index (κ3) is 5.96. The van der Waals surface area contributed by atoms with Crippen LogP contribution in [0.25, 0.3) is 0 Å². The van der Waals surface area contributed by atoms with Crippen molar-refractivity contribution in [2.75, 3.05) is 18.9 Å². The fourth-order valence-electron chi connectivity index (χ4n) is 2.50. The largest absolute Gasteiger partial charge is 0.349 e. The first-order valence-corrected chi connectivity index (χ1v) is 8.77.